The van der Waals surface area contributed by atoms with Crippen LogP contribution in [0.25, 0.3) is 0 Å². The molecule has 0 bridgehead atoms. The maximum absolute atomic E-state index is 11.9. The first-order valence-electron chi connectivity index (χ1n) is 6.67. The molecule has 1 N–H and O–H groups in total. The molecule has 0 aromatic heterocycles. The van der Waals surface area contributed by atoms with Gasteiger partial charge in [0.05, 0.1) is 11.5 Å². The average Bonchev–Trinajstić information content (AvgIpc) is 2.42. The number of anilines is 1. The van der Waals surface area contributed by atoms with Crippen molar-refractivity contribution in [2.45, 2.75) is 19.9 Å². The Kier molecular flexibility index (Phi) is 5.66. The summed E-state index contributed by atoms with van der Waals surface area (Å²) < 4.78 is 0. The van der Waals surface area contributed by atoms with Crippen molar-refractivity contribution in [3.63, 3.8) is 0 Å². The van der Waals surface area contributed by atoms with Crippen LogP contribution >= 0.6 is 0 Å². The molecule has 0 atom stereocenters. The summed E-state index contributed by atoms with van der Waals surface area (Å²) in [5.41, 5.74) is 0.535. The van der Waals surface area contributed by atoms with Crippen molar-refractivity contribution in [2.75, 3.05) is 32.1 Å². The molecule has 116 valence electrons. The number of nitro groups is 1. The molecule has 7 nitrogen and oxygen atoms in total. The third-order valence-electron chi connectivity index (χ3n) is 3.10. The maximum atomic E-state index is 11.9. The number of benzene rings is 1. The Hall–Kier alpha value is -2.15. The van der Waals surface area contributed by atoms with E-state index in [1.807, 2.05) is 13.8 Å². The van der Waals surface area contributed by atoms with Gasteiger partial charge in [-0.1, -0.05) is 0 Å². The van der Waals surface area contributed by atoms with E-state index in [4.69, 9.17) is 5.11 Å². The lowest BCUT2D eigenvalue weighted by Gasteiger charge is -2.28. The van der Waals surface area contributed by atoms with Crippen LogP contribution in [0.2, 0.25) is 0 Å². The van der Waals surface area contributed by atoms with E-state index in [-0.39, 0.29) is 29.8 Å². The van der Waals surface area contributed by atoms with E-state index in [0.717, 1.165) is 0 Å². The Bertz CT molecular complexity index is 529. The fourth-order valence-corrected chi connectivity index (χ4v) is 2.07. The number of hydrogen-bond acceptors (Lipinski definition) is 5. The smallest absolute Gasteiger partial charge is 0.293 e. The van der Waals surface area contributed by atoms with E-state index in [1.165, 1.54) is 11.0 Å². The van der Waals surface area contributed by atoms with Gasteiger partial charge in [0.1, 0.15) is 5.69 Å². The number of carbonyl (C=O) groups excluding carboxylic acids is 1. The highest BCUT2D eigenvalue weighted by atomic mass is 16.6. The predicted molar refractivity (Wildman–Crippen MR) is 80.7 cm³/mol. The monoisotopic (exact) mass is 295 g/mol. The third kappa shape index (κ3) is 3.91. The zero-order chi connectivity index (χ0) is 16.2. The molecule has 0 unspecified atom stereocenters. The van der Waals surface area contributed by atoms with Crippen LogP contribution in [0.4, 0.5) is 11.4 Å². The van der Waals surface area contributed by atoms with Gasteiger partial charge in [-0.05, 0) is 26.0 Å². The predicted octanol–water partition coefficient (Wildman–Crippen LogP) is 1.50. The molecule has 1 amide bonds. The normalized spacial score (nSPS) is 10.6. The molecule has 0 radical (unpaired) electrons. The van der Waals surface area contributed by atoms with Crippen LogP contribution in [0.1, 0.15) is 24.2 Å². The van der Waals surface area contributed by atoms with Crippen molar-refractivity contribution in [1.82, 2.24) is 4.90 Å². The summed E-state index contributed by atoms with van der Waals surface area (Å²) in [5.74, 6) is -0.289. The quantitative estimate of drug-likeness (QED) is 0.635. The summed E-state index contributed by atoms with van der Waals surface area (Å²) in [6.07, 6.45) is 0. The number of aliphatic hydroxyl groups excluding tert-OH is 1. The van der Waals surface area contributed by atoms with Crippen molar-refractivity contribution in [1.29, 1.82) is 0 Å². The number of hydrogen-bond donors (Lipinski definition) is 1. The Balaban J connectivity index is 3.33. The first kappa shape index (κ1) is 16.9. The van der Waals surface area contributed by atoms with Gasteiger partial charge in [-0.2, -0.15) is 0 Å². The average molecular weight is 295 g/mol. The lowest BCUT2D eigenvalue weighted by Crippen LogP contribution is -2.34. The number of aliphatic hydroxyl groups is 1. The van der Waals surface area contributed by atoms with Crippen molar-refractivity contribution in [3.05, 3.63) is 33.9 Å². The highest BCUT2D eigenvalue weighted by Gasteiger charge is 2.23. The van der Waals surface area contributed by atoms with Crippen LogP contribution in [-0.4, -0.2) is 54.1 Å². The lowest BCUT2D eigenvalue weighted by molar-refractivity contribution is -0.384. The van der Waals surface area contributed by atoms with Crippen LogP contribution in [0.5, 0.6) is 0 Å². The summed E-state index contributed by atoms with van der Waals surface area (Å²) in [4.78, 5) is 25.8. The largest absolute Gasteiger partial charge is 0.395 e. The van der Waals surface area contributed by atoms with E-state index in [2.05, 4.69) is 0 Å². The van der Waals surface area contributed by atoms with Crippen LogP contribution in [0.3, 0.4) is 0 Å². The molecule has 1 rings (SSSR count). The number of amides is 1. The second-order valence-electron chi connectivity index (χ2n) is 5.17. The molecule has 0 aliphatic carbocycles. The molecule has 21 heavy (non-hydrogen) atoms. The molecule has 7 heteroatoms. The second-order valence-corrected chi connectivity index (χ2v) is 5.17. The van der Waals surface area contributed by atoms with Gasteiger partial charge in [-0.3, -0.25) is 14.9 Å². The maximum Gasteiger partial charge on any atom is 0.293 e. The Morgan fingerprint density at radius 2 is 2.00 bits per heavy atom. The molecule has 0 heterocycles. The van der Waals surface area contributed by atoms with Crippen molar-refractivity contribution >= 4 is 17.3 Å². The third-order valence-corrected chi connectivity index (χ3v) is 3.10. The van der Waals surface area contributed by atoms with Crippen molar-refractivity contribution in [3.8, 4) is 0 Å². The standard InChI is InChI=1S/C14H21N3O4/c1-10(2)16(7-8-18)12-6-5-11(14(19)15(3)4)9-13(12)17(20)21/h5-6,9-10,18H,7-8H2,1-4H3. The molecule has 0 fully saturated rings. The highest BCUT2D eigenvalue weighted by molar-refractivity contribution is 5.95. The summed E-state index contributed by atoms with van der Waals surface area (Å²) in [6.45, 7) is 3.96. The van der Waals surface area contributed by atoms with Gasteiger partial charge in [0, 0.05) is 38.3 Å². The Labute approximate surface area is 123 Å². The second kappa shape index (κ2) is 7.03. The zero-order valence-corrected chi connectivity index (χ0v) is 12.7. The number of carbonyl (C=O) groups is 1. The molecule has 0 saturated carbocycles. The Morgan fingerprint density at radius 1 is 1.38 bits per heavy atom. The lowest BCUT2D eigenvalue weighted by atomic mass is 10.1. The number of nitrogens with zero attached hydrogens (tertiary/aromatic N) is 3. The molecule has 0 aliphatic heterocycles. The van der Waals surface area contributed by atoms with Gasteiger partial charge < -0.3 is 14.9 Å². The first-order valence-corrected chi connectivity index (χ1v) is 6.67. The molecule has 0 spiro atoms. The minimum atomic E-state index is -0.505. The fourth-order valence-electron chi connectivity index (χ4n) is 2.07. The highest BCUT2D eigenvalue weighted by Crippen LogP contribution is 2.30. The molecule has 1 aromatic carbocycles. The zero-order valence-electron chi connectivity index (χ0n) is 12.7. The SMILES string of the molecule is CC(C)N(CCO)c1ccc(C(=O)N(C)C)cc1[N+](=O)[O-]. The minimum Gasteiger partial charge on any atom is -0.395 e. The van der Waals surface area contributed by atoms with E-state index < -0.39 is 4.92 Å². The van der Waals surface area contributed by atoms with E-state index in [9.17, 15) is 14.9 Å². The molecular formula is C14H21N3O4. The molecule has 1 aromatic rings. The van der Waals surface area contributed by atoms with E-state index in [1.54, 1.807) is 31.1 Å². The number of rotatable bonds is 6. The van der Waals surface area contributed by atoms with Crippen molar-refractivity contribution < 1.29 is 14.8 Å². The van der Waals surface area contributed by atoms with Crippen LogP contribution in [0, 0.1) is 10.1 Å². The summed E-state index contributed by atoms with van der Waals surface area (Å²) >= 11 is 0. The van der Waals surface area contributed by atoms with E-state index in [0.29, 0.717) is 12.2 Å². The number of nitro benzene ring substituents is 1. The summed E-state index contributed by atoms with van der Waals surface area (Å²) in [6, 6.07) is 4.40. The van der Waals surface area contributed by atoms with Gasteiger partial charge in [-0.25, -0.2) is 0 Å². The van der Waals surface area contributed by atoms with Gasteiger partial charge in [-0.15, -0.1) is 0 Å². The van der Waals surface area contributed by atoms with Gasteiger partial charge in [0.15, 0.2) is 0 Å². The topological polar surface area (TPSA) is 86.9 Å². The fraction of sp³-hybridized carbons (Fsp3) is 0.500. The van der Waals surface area contributed by atoms with Gasteiger partial charge in [0.2, 0.25) is 0 Å². The molecular weight excluding hydrogens is 274 g/mol. The van der Waals surface area contributed by atoms with Gasteiger partial charge >= 0.3 is 0 Å². The van der Waals surface area contributed by atoms with E-state index >= 15 is 0 Å². The first-order chi connectivity index (χ1) is 9.79. The Morgan fingerprint density at radius 3 is 2.43 bits per heavy atom. The van der Waals surface area contributed by atoms with Crippen LogP contribution in [-0.2, 0) is 0 Å². The summed E-state index contributed by atoms with van der Waals surface area (Å²) in [5, 5.41) is 20.4. The van der Waals surface area contributed by atoms with Crippen LogP contribution in [0.15, 0.2) is 18.2 Å². The minimum absolute atomic E-state index is 0.00810. The van der Waals surface area contributed by atoms with Gasteiger partial charge in [0.25, 0.3) is 11.6 Å². The molecule has 0 saturated heterocycles. The summed E-state index contributed by atoms with van der Waals surface area (Å²) in [7, 11) is 3.18. The van der Waals surface area contributed by atoms with Crippen LogP contribution < -0.4 is 4.90 Å². The van der Waals surface area contributed by atoms with Crippen molar-refractivity contribution in [2.24, 2.45) is 0 Å². The molecule has 0 aliphatic rings.